The molecule has 0 radical (unpaired) electrons. The molecule has 1 aliphatic heterocycles. The minimum absolute atomic E-state index is 0.236. The minimum Gasteiger partial charge on any atom is -0.356 e. The van der Waals surface area contributed by atoms with Crippen LogP contribution in [-0.2, 0) is 14.8 Å². The van der Waals surface area contributed by atoms with Gasteiger partial charge in [0.2, 0.25) is 0 Å². The van der Waals surface area contributed by atoms with Gasteiger partial charge in [0.1, 0.15) is 0 Å². The summed E-state index contributed by atoms with van der Waals surface area (Å²) in [6.07, 6.45) is -0.658. The molecule has 1 aliphatic rings. The average Bonchev–Trinajstić information content (AvgIpc) is 2.81. The molecule has 1 heterocycles. The van der Waals surface area contributed by atoms with Gasteiger partial charge >= 0.3 is 0 Å². The summed E-state index contributed by atoms with van der Waals surface area (Å²) in [7, 11) is -3.75. The van der Waals surface area contributed by atoms with Crippen molar-refractivity contribution in [1.29, 1.82) is 0 Å². The van der Waals surface area contributed by atoms with Gasteiger partial charge in [0, 0.05) is 11.6 Å². The number of ether oxygens (including phenoxy) is 1. The fraction of sp³-hybridized carbons (Fsp3) is 0.294. The number of anilines is 1. The third kappa shape index (κ3) is 2.96. The number of benzene rings is 2. The van der Waals surface area contributed by atoms with E-state index in [-0.39, 0.29) is 9.72 Å². The predicted octanol–water partition coefficient (Wildman–Crippen LogP) is 4.66. The number of rotatable bonds is 4. The predicted molar refractivity (Wildman–Crippen MR) is 99.4 cm³/mol. The van der Waals surface area contributed by atoms with Crippen LogP contribution in [0.15, 0.2) is 47.4 Å². The van der Waals surface area contributed by atoms with Gasteiger partial charge < -0.3 is 4.74 Å². The Kier molecular flexibility index (Phi) is 4.93. The smallest absolute Gasteiger partial charge is 0.266 e. The molecular formula is C17H17BrClNO3S. The second kappa shape index (κ2) is 6.67. The van der Waals surface area contributed by atoms with Crippen LogP contribution in [-0.4, -0.2) is 21.3 Å². The molecule has 0 spiro atoms. The highest BCUT2D eigenvalue weighted by molar-refractivity contribution is 9.09. The molecule has 2 aromatic rings. The third-order valence-corrected chi connectivity index (χ3v) is 6.89. The average molecular weight is 431 g/mol. The van der Waals surface area contributed by atoms with Crippen molar-refractivity contribution in [3.05, 3.63) is 58.6 Å². The SMILES string of the molecule is CCO[C@@H]1[C@@H](Br)c2cc(Cl)ccc2N1S(=O)(=O)c1ccc(C)cc1. The third-order valence-electron chi connectivity index (χ3n) is 3.92. The van der Waals surface area contributed by atoms with Crippen LogP contribution in [0.4, 0.5) is 5.69 Å². The van der Waals surface area contributed by atoms with Crippen LogP contribution >= 0.6 is 27.5 Å². The topological polar surface area (TPSA) is 46.6 Å². The summed E-state index contributed by atoms with van der Waals surface area (Å²) in [6, 6.07) is 12.0. The summed E-state index contributed by atoms with van der Waals surface area (Å²) in [6.45, 7) is 4.15. The Balaban J connectivity index is 2.15. The number of hydrogen-bond donors (Lipinski definition) is 0. The second-order valence-corrected chi connectivity index (χ2v) is 8.80. The molecule has 0 amide bonds. The van der Waals surface area contributed by atoms with Crippen molar-refractivity contribution in [2.75, 3.05) is 10.9 Å². The maximum Gasteiger partial charge on any atom is 0.266 e. The normalized spacial score (nSPS) is 20.2. The molecule has 0 saturated heterocycles. The van der Waals surface area contributed by atoms with Crippen molar-refractivity contribution in [3.63, 3.8) is 0 Å². The van der Waals surface area contributed by atoms with Crippen LogP contribution in [0.3, 0.4) is 0 Å². The Bertz CT molecular complexity index is 855. The lowest BCUT2D eigenvalue weighted by Crippen LogP contribution is -2.40. The minimum atomic E-state index is -3.75. The van der Waals surface area contributed by atoms with Crippen molar-refractivity contribution in [2.45, 2.75) is 29.8 Å². The van der Waals surface area contributed by atoms with Gasteiger partial charge in [-0.3, -0.25) is 0 Å². The van der Waals surface area contributed by atoms with Crippen LogP contribution in [0.1, 0.15) is 22.9 Å². The molecule has 0 unspecified atom stereocenters. The van der Waals surface area contributed by atoms with E-state index in [0.29, 0.717) is 17.3 Å². The highest BCUT2D eigenvalue weighted by Gasteiger charge is 2.44. The largest absolute Gasteiger partial charge is 0.356 e. The van der Waals surface area contributed by atoms with Crippen LogP contribution in [0, 0.1) is 6.92 Å². The first-order valence-electron chi connectivity index (χ1n) is 7.52. The van der Waals surface area contributed by atoms with Crippen LogP contribution < -0.4 is 4.31 Å². The number of aryl methyl sites for hydroxylation is 1. The van der Waals surface area contributed by atoms with Crippen LogP contribution in [0.5, 0.6) is 0 Å². The van der Waals surface area contributed by atoms with Gasteiger partial charge in [-0.05, 0) is 49.7 Å². The molecule has 0 aromatic heterocycles. The summed E-state index contributed by atoms with van der Waals surface area (Å²) in [4.78, 5) is -0.0494. The first kappa shape index (κ1) is 17.7. The fourth-order valence-corrected chi connectivity index (χ4v) is 5.45. The fourth-order valence-electron chi connectivity index (χ4n) is 2.77. The van der Waals surface area contributed by atoms with Gasteiger partial charge in [-0.2, -0.15) is 0 Å². The lowest BCUT2D eigenvalue weighted by Gasteiger charge is -2.27. The van der Waals surface area contributed by atoms with E-state index in [2.05, 4.69) is 15.9 Å². The first-order chi connectivity index (χ1) is 11.4. The Morgan fingerprint density at radius 3 is 2.50 bits per heavy atom. The van der Waals surface area contributed by atoms with Gasteiger partial charge in [-0.1, -0.05) is 45.2 Å². The van der Waals surface area contributed by atoms with Crippen molar-refractivity contribution < 1.29 is 13.2 Å². The highest BCUT2D eigenvalue weighted by Crippen LogP contribution is 2.48. The summed E-state index contributed by atoms with van der Waals surface area (Å²) in [5, 5.41) is 0.558. The monoisotopic (exact) mass is 429 g/mol. The van der Waals surface area contributed by atoms with E-state index in [1.807, 2.05) is 13.8 Å². The van der Waals surface area contributed by atoms with Crippen LogP contribution in [0.2, 0.25) is 5.02 Å². The number of hydrogen-bond acceptors (Lipinski definition) is 3. The van der Waals surface area contributed by atoms with E-state index in [4.69, 9.17) is 16.3 Å². The van der Waals surface area contributed by atoms with E-state index in [1.54, 1.807) is 42.5 Å². The zero-order chi connectivity index (χ0) is 17.5. The number of alkyl halides is 1. The zero-order valence-corrected chi connectivity index (χ0v) is 16.4. The Hall–Kier alpha value is -1.08. The molecule has 0 saturated carbocycles. The van der Waals surface area contributed by atoms with E-state index in [9.17, 15) is 8.42 Å². The van der Waals surface area contributed by atoms with E-state index in [0.717, 1.165) is 11.1 Å². The summed E-state index contributed by atoms with van der Waals surface area (Å²) in [5.74, 6) is 0. The van der Waals surface area contributed by atoms with Gasteiger partial charge in [0.25, 0.3) is 10.0 Å². The highest BCUT2D eigenvalue weighted by atomic mass is 79.9. The number of halogens is 2. The molecular weight excluding hydrogens is 414 g/mol. The molecule has 2 aromatic carbocycles. The standard InChI is InChI=1S/C17H17BrClNO3S/c1-3-23-17-16(18)14-10-12(19)6-9-15(14)20(17)24(21,22)13-7-4-11(2)5-8-13/h4-10,16-17H,3H2,1-2H3/t16-,17+/m0/s1. The molecule has 2 atom stereocenters. The molecule has 3 rings (SSSR count). The molecule has 0 aliphatic carbocycles. The quantitative estimate of drug-likeness (QED) is 0.663. The maximum absolute atomic E-state index is 13.2. The lowest BCUT2D eigenvalue weighted by atomic mass is 10.1. The number of nitrogens with zero attached hydrogens (tertiary/aromatic N) is 1. The molecule has 0 bridgehead atoms. The maximum atomic E-state index is 13.2. The molecule has 128 valence electrons. The van der Waals surface area contributed by atoms with Crippen molar-refractivity contribution in [2.24, 2.45) is 0 Å². The number of fused-ring (bicyclic) bond motifs is 1. The van der Waals surface area contributed by atoms with Gasteiger partial charge in [0.15, 0.2) is 6.23 Å². The van der Waals surface area contributed by atoms with Gasteiger partial charge in [0.05, 0.1) is 15.4 Å². The van der Waals surface area contributed by atoms with Crippen molar-refractivity contribution in [3.8, 4) is 0 Å². The molecule has 4 nitrogen and oxygen atoms in total. The van der Waals surface area contributed by atoms with Gasteiger partial charge in [-0.15, -0.1) is 0 Å². The van der Waals surface area contributed by atoms with E-state index < -0.39 is 16.3 Å². The lowest BCUT2D eigenvalue weighted by molar-refractivity contribution is 0.0767. The van der Waals surface area contributed by atoms with Crippen LogP contribution in [0.25, 0.3) is 0 Å². The summed E-state index contributed by atoms with van der Waals surface area (Å²) in [5.41, 5.74) is 2.39. The van der Waals surface area contributed by atoms with Crippen molar-refractivity contribution >= 4 is 43.2 Å². The summed E-state index contributed by atoms with van der Waals surface area (Å²) < 4.78 is 33.5. The molecule has 0 fully saturated rings. The summed E-state index contributed by atoms with van der Waals surface area (Å²) >= 11 is 9.65. The Labute approximate surface area is 155 Å². The Morgan fingerprint density at radius 2 is 1.88 bits per heavy atom. The van der Waals surface area contributed by atoms with Gasteiger partial charge in [-0.25, -0.2) is 12.7 Å². The first-order valence-corrected chi connectivity index (χ1v) is 10.3. The van der Waals surface area contributed by atoms with E-state index >= 15 is 0 Å². The second-order valence-electron chi connectivity index (χ2n) is 5.56. The van der Waals surface area contributed by atoms with Crippen molar-refractivity contribution in [1.82, 2.24) is 0 Å². The molecule has 7 heteroatoms. The molecule has 0 N–H and O–H groups in total. The zero-order valence-electron chi connectivity index (χ0n) is 13.2. The molecule has 24 heavy (non-hydrogen) atoms. The van der Waals surface area contributed by atoms with E-state index in [1.165, 1.54) is 4.31 Å². The number of sulfonamides is 1. The Morgan fingerprint density at radius 1 is 1.21 bits per heavy atom.